The van der Waals surface area contributed by atoms with Crippen molar-refractivity contribution >= 4 is 25.7 Å². The quantitative estimate of drug-likeness (QED) is 0.653. The molecule has 2 aromatic rings. The standard InChI is InChI=1S/C17H17F3N2O6S2/c1-27-13-4-2-11(10-15(13)30(25,26)22-6-8-28-9-7-22)21-29(23,24)14-5-3-12(18)16(19)17(14)20/h2-5,10,21H,6-9H2,1H3. The molecule has 1 heterocycles. The number of ether oxygens (including phenoxy) is 2. The molecule has 1 saturated heterocycles. The molecule has 1 aliphatic rings. The van der Waals surface area contributed by atoms with Crippen molar-refractivity contribution in [2.75, 3.05) is 38.1 Å². The van der Waals surface area contributed by atoms with E-state index in [4.69, 9.17) is 9.47 Å². The van der Waals surface area contributed by atoms with Gasteiger partial charge in [0.05, 0.1) is 26.0 Å². The van der Waals surface area contributed by atoms with Crippen LogP contribution in [0.5, 0.6) is 5.75 Å². The van der Waals surface area contributed by atoms with Crippen LogP contribution >= 0.6 is 0 Å². The number of rotatable bonds is 6. The Morgan fingerprint density at radius 3 is 2.27 bits per heavy atom. The van der Waals surface area contributed by atoms with Gasteiger partial charge in [0.1, 0.15) is 15.5 Å². The number of sulfonamides is 2. The molecular weight excluding hydrogens is 449 g/mol. The molecule has 0 amide bonds. The molecule has 1 N–H and O–H groups in total. The van der Waals surface area contributed by atoms with Crippen molar-refractivity contribution in [3.05, 3.63) is 47.8 Å². The molecule has 0 atom stereocenters. The number of morpholine rings is 1. The molecule has 0 unspecified atom stereocenters. The van der Waals surface area contributed by atoms with E-state index in [1.807, 2.05) is 4.72 Å². The van der Waals surface area contributed by atoms with Crippen LogP contribution in [0.25, 0.3) is 0 Å². The third kappa shape index (κ3) is 4.24. The Kier molecular flexibility index (Phi) is 6.26. The summed E-state index contributed by atoms with van der Waals surface area (Å²) in [7, 11) is -7.50. The van der Waals surface area contributed by atoms with Gasteiger partial charge < -0.3 is 9.47 Å². The molecular formula is C17H17F3N2O6S2. The van der Waals surface area contributed by atoms with Crippen LogP contribution in [0, 0.1) is 17.5 Å². The summed E-state index contributed by atoms with van der Waals surface area (Å²) in [5, 5.41) is 0. The van der Waals surface area contributed by atoms with E-state index in [2.05, 4.69) is 0 Å². The summed E-state index contributed by atoms with van der Waals surface area (Å²) in [4.78, 5) is -1.45. The van der Waals surface area contributed by atoms with Gasteiger partial charge in [-0.3, -0.25) is 4.72 Å². The van der Waals surface area contributed by atoms with Crippen molar-refractivity contribution < 1.29 is 39.5 Å². The maximum atomic E-state index is 13.9. The number of anilines is 1. The topological polar surface area (TPSA) is 102 Å². The molecule has 0 radical (unpaired) electrons. The average molecular weight is 466 g/mol. The number of benzene rings is 2. The third-order valence-electron chi connectivity index (χ3n) is 4.29. The van der Waals surface area contributed by atoms with Crippen LogP contribution in [0.2, 0.25) is 0 Å². The maximum Gasteiger partial charge on any atom is 0.264 e. The fourth-order valence-corrected chi connectivity index (χ4v) is 5.50. The van der Waals surface area contributed by atoms with Crippen LogP contribution in [-0.2, 0) is 24.8 Å². The lowest BCUT2D eigenvalue weighted by Gasteiger charge is -2.26. The maximum absolute atomic E-state index is 13.9. The van der Waals surface area contributed by atoms with Crippen LogP contribution in [0.15, 0.2) is 40.1 Å². The monoisotopic (exact) mass is 466 g/mol. The minimum Gasteiger partial charge on any atom is -0.495 e. The lowest BCUT2D eigenvalue weighted by Crippen LogP contribution is -2.40. The van der Waals surface area contributed by atoms with Crippen molar-refractivity contribution in [2.45, 2.75) is 9.79 Å². The lowest BCUT2D eigenvalue weighted by molar-refractivity contribution is 0.0729. The zero-order valence-electron chi connectivity index (χ0n) is 15.6. The first-order valence-corrected chi connectivity index (χ1v) is 11.4. The second-order valence-electron chi connectivity index (χ2n) is 6.16. The molecule has 1 aliphatic heterocycles. The molecule has 3 rings (SSSR count). The van der Waals surface area contributed by atoms with Gasteiger partial charge in [0.15, 0.2) is 17.5 Å². The smallest absolute Gasteiger partial charge is 0.264 e. The Labute approximate surface area is 171 Å². The van der Waals surface area contributed by atoms with Gasteiger partial charge in [-0.05, 0) is 30.3 Å². The van der Waals surface area contributed by atoms with Crippen LogP contribution < -0.4 is 9.46 Å². The van der Waals surface area contributed by atoms with E-state index in [0.29, 0.717) is 12.1 Å². The highest BCUT2D eigenvalue weighted by Gasteiger charge is 2.30. The number of methoxy groups -OCH3 is 1. The largest absolute Gasteiger partial charge is 0.495 e. The Morgan fingerprint density at radius 2 is 1.63 bits per heavy atom. The summed E-state index contributed by atoms with van der Waals surface area (Å²) in [5.74, 6) is -5.42. The van der Waals surface area contributed by atoms with Crippen LogP contribution in [0.1, 0.15) is 0 Å². The van der Waals surface area contributed by atoms with Crippen LogP contribution in [0.4, 0.5) is 18.9 Å². The number of hydrogen-bond donors (Lipinski definition) is 1. The summed E-state index contributed by atoms with van der Waals surface area (Å²) in [6, 6.07) is 4.43. The fourth-order valence-electron chi connectivity index (χ4n) is 2.79. The number of nitrogens with zero attached hydrogens (tertiary/aromatic N) is 1. The third-order valence-corrected chi connectivity index (χ3v) is 7.61. The van der Waals surface area contributed by atoms with E-state index >= 15 is 0 Å². The SMILES string of the molecule is COc1ccc(NS(=O)(=O)c2ccc(F)c(F)c2F)cc1S(=O)(=O)N1CCOCC1. The number of nitrogens with one attached hydrogen (secondary N) is 1. The Hall–Kier alpha value is -2.35. The molecule has 0 bridgehead atoms. The molecule has 30 heavy (non-hydrogen) atoms. The summed E-state index contributed by atoms with van der Waals surface area (Å²) < 4.78 is 105. The van der Waals surface area contributed by atoms with E-state index < -0.39 is 42.4 Å². The number of hydrogen-bond acceptors (Lipinski definition) is 6. The van der Waals surface area contributed by atoms with Crippen molar-refractivity contribution in [1.82, 2.24) is 4.31 Å². The molecule has 164 valence electrons. The molecule has 0 spiro atoms. The molecule has 1 fully saturated rings. The van der Waals surface area contributed by atoms with Gasteiger partial charge in [-0.15, -0.1) is 0 Å². The predicted octanol–water partition coefficient (Wildman–Crippen LogP) is 1.93. The average Bonchev–Trinajstić information content (AvgIpc) is 2.72. The zero-order valence-corrected chi connectivity index (χ0v) is 17.2. The highest BCUT2D eigenvalue weighted by molar-refractivity contribution is 7.92. The van der Waals surface area contributed by atoms with E-state index in [1.54, 1.807) is 0 Å². The summed E-state index contributed by atoms with van der Waals surface area (Å²) in [5.41, 5.74) is -0.244. The van der Waals surface area contributed by atoms with E-state index in [9.17, 15) is 30.0 Å². The van der Waals surface area contributed by atoms with Gasteiger partial charge in [0.2, 0.25) is 10.0 Å². The van der Waals surface area contributed by atoms with Gasteiger partial charge >= 0.3 is 0 Å². The Morgan fingerprint density at radius 1 is 0.967 bits per heavy atom. The second kappa shape index (κ2) is 8.41. The van der Waals surface area contributed by atoms with Gasteiger partial charge in [-0.2, -0.15) is 4.31 Å². The van der Waals surface area contributed by atoms with Gasteiger partial charge in [0, 0.05) is 13.1 Å². The first-order valence-electron chi connectivity index (χ1n) is 8.50. The van der Waals surface area contributed by atoms with Crippen molar-refractivity contribution in [3.8, 4) is 5.75 Å². The lowest BCUT2D eigenvalue weighted by atomic mass is 10.3. The fraction of sp³-hybridized carbons (Fsp3) is 0.294. The van der Waals surface area contributed by atoms with Gasteiger partial charge in [-0.25, -0.2) is 30.0 Å². The highest BCUT2D eigenvalue weighted by Crippen LogP contribution is 2.31. The Balaban J connectivity index is 2.00. The van der Waals surface area contributed by atoms with Crippen molar-refractivity contribution in [2.24, 2.45) is 0 Å². The van der Waals surface area contributed by atoms with E-state index in [0.717, 1.165) is 10.4 Å². The second-order valence-corrected chi connectivity index (χ2v) is 9.72. The molecule has 8 nitrogen and oxygen atoms in total. The zero-order chi connectivity index (χ0) is 22.1. The van der Waals surface area contributed by atoms with E-state index in [-0.39, 0.29) is 42.6 Å². The summed E-state index contributed by atoms with van der Waals surface area (Å²) in [6.45, 7) is 0.593. The summed E-state index contributed by atoms with van der Waals surface area (Å²) >= 11 is 0. The first kappa shape index (κ1) is 22.3. The molecule has 0 saturated carbocycles. The summed E-state index contributed by atoms with van der Waals surface area (Å²) in [6.07, 6.45) is 0. The molecule has 2 aromatic carbocycles. The Bertz CT molecular complexity index is 1170. The van der Waals surface area contributed by atoms with Crippen molar-refractivity contribution in [1.29, 1.82) is 0 Å². The van der Waals surface area contributed by atoms with Gasteiger partial charge in [0.25, 0.3) is 10.0 Å². The normalized spacial score (nSPS) is 15.7. The number of halogens is 3. The predicted molar refractivity (Wildman–Crippen MR) is 99.7 cm³/mol. The minimum absolute atomic E-state index is 0.0385. The minimum atomic E-state index is -4.69. The molecule has 0 aromatic heterocycles. The van der Waals surface area contributed by atoms with E-state index in [1.165, 1.54) is 19.2 Å². The first-order chi connectivity index (χ1) is 14.1. The van der Waals surface area contributed by atoms with Gasteiger partial charge in [-0.1, -0.05) is 0 Å². The van der Waals surface area contributed by atoms with Crippen LogP contribution in [0.3, 0.4) is 0 Å². The molecule has 0 aliphatic carbocycles. The van der Waals surface area contributed by atoms with Crippen LogP contribution in [-0.4, -0.2) is 54.6 Å². The highest BCUT2D eigenvalue weighted by atomic mass is 32.2. The molecule has 13 heteroatoms. The van der Waals surface area contributed by atoms with Crippen molar-refractivity contribution in [3.63, 3.8) is 0 Å².